The predicted molar refractivity (Wildman–Crippen MR) is 159 cm³/mol. The molecule has 1 aliphatic heterocycles. The number of rotatable bonds is 10. The Labute approximate surface area is 235 Å². The second-order valence-corrected chi connectivity index (χ2v) is 10.7. The van der Waals surface area contributed by atoms with Crippen molar-refractivity contribution in [3.63, 3.8) is 0 Å². The monoisotopic (exact) mass is 595 g/mol. The lowest BCUT2D eigenvalue weighted by Crippen LogP contribution is -2.27. The van der Waals surface area contributed by atoms with Gasteiger partial charge in [-0.3, -0.25) is 9.69 Å². The van der Waals surface area contributed by atoms with E-state index in [0.29, 0.717) is 51.8 Å². The predicted octanol–water partition coefficient (Wildman–Crippen LogP) is 7.57. The Bertz CT molecular complexity index is 1340. The molecule has 0 N–H and O–H groups in total. The number of anilines is 1. The van der Waals surface area contributed by atoms with Crippen LogP contribution in [0.5, 0.6) is 17.2 Å². The van der Waals surface area contributed by atoms with Crippen LogP contribution in [0.1, 0.15) is 23.6 Å². The molecule has 0 spiro atoms. The molecule has 37 heavy (non-hydrogen) atoms. The van der Waals surface area contributed by atoms with Gasteiger partial charge in [0.25, 0.3) is 5.91 Å². The van der Waals surface area contributed by atoms with Crippen molar-refractivity contribution in [2.75, 3.05) is 18.6 Å². The third-order valence-corrected chi connectivity index (χ3v) is 7.37. The summed E-state index contributed by atoms with van der Waals surface area (Å²) in [5, 5.41) is 0. The lowest BCUT2D eigenvalue weighted by molar-refractivity contribution is -0.113. The van der Waals surface area contributed by atoms with Crippen LogP contribution in [0, 0.1) is 0 Å². The van der Waals surface area contributed by atoms with Crippen LogP contribution in [0.4, 0.5) is 5.69 Å². The second kappa shape index (κ2) is 12.4. The standard InChI is InChI=1S/C29H26BrNO4S2/c1-4-6-21-15-20(16-25(34-5-2)27(21)35-18-19-7-9-22(30)10-8-19)17-26-28(32)31(29(36)37-26)23-11-13-24(33-3)14-12-23/h4,7-17H,1,5-6,18H2,2-3H3/b26-17+. The van der Waals surface area contributed by atoms with Crippen molar-refractivity contribution in [1.82, 2.24) is 0 Å². The number of halogens is 1. The number of ether oxygens (including phenoxy) is 3. The molecule has 0 saturated carbocycles. The zero-order valence-corrected chi connectivity index (χ0v) is 23.8. The van der Waals surface area contributed by atoms with Crippen LogP contribution in [0.3, 0.4) is 0 Å². The average molecular weight is 597 g/mol. The number of hydrogen-bond donors (Lipinski definition) is 0. The summed E-state index contributed by atoms with van der Waals surface area (Å²) in [6.07, 6.45) is 4.26. The summed E-state index contributed by atoms with van der Waals surface area (Å²) < 4.78 is 18.9. The van der Waals surface area contributed by atoms with Crippen LogP contribution in [0.2, 0.25) is 0 Å². The number of thioether (sulfide) groups is 1. The molecule has 1 saturated heterocycles. The van der Waals surface area contributed by atoms with Crippen molar-refractivity contribution in [2.45, 2.75) is 20.0 Å². The summed E-state index contributed by atoms with van der Waals surface area (Å²) in [6.45, 7) is 6.71. The zero-order chi connectivity index (χ0) is 26.4. The molecular formula is C29H26BrNO4S2. The number of nitrogens with zero attached hydrogens (tertiary/aromatic N) is 1. The minimum absolute atomic E-state index is 0.168. The number of methoxy groups -OCH3 is 1. The Morgan fingerprint density at radius 3 is 2.46 bits per heavy atom. The molecule has 3 aromatic carbocycles. The van der Waals surface area contributed by atoms with Crippen molar-refractivity contribution in [3.05, 3.63) is 99.4 Å². The third-order valence-electron chi connectivity index (χ3n) is 5.54. The van der Waals surface area contributed by atoms with Crippen LogP contribution in [0.25, 0.3) is 6.08 Å². The molecule has 190 valence electrons. The summed E-state index contributed by atoms with van der Waals surface area (Å²) in [5.74, 6) is 1.84. The number of hydrogen-bond acceptors (Lipinski definition) is 6. The summed E-state index contributed by atoms with van der Waals surface area (Å²) in [5.41, 5.74) is 3.49. The van der Waals surface area contributed by atoms with Gasteiger partial charge >= 0.3 is 0 Å². The van der Waals surface area contributed by atoms with E-state index in [1.165, 1.54) is 16.7 Å². The van der Waals surface area contributed by atoms with Gasteiger partial charge in [-0.2, -0.15) is 0 Å². The van der Waals surface area contributed by atoms with Gasteiger partial charge in [-0.25, -0.2) is 0 Å². The van der Waals surface area contributed by atoms with E-state index in [0.717, 1.165) is 21.2 Å². The fraction of sp³-hybridized carbons (Fsp3) is 0.172. The maximum Gasteiger partial charge on any atom is 0.270 e. The SMILES string of the molecule is C=CCc1cc(/C=C2/SC(=S)N(c3ccc(OC)cc3)C2=O)cc(OCC)c1OCc1ccc(Br)cc1. The van der Waals surface area contributed by atoms with Gasteiger partial charge in [0, 0.05) is 10.0 Å². The van der Waals surface area contributed by atoms with E-state index < -0.39 is 0 Å². The largest absolute Gasteiger partial charge is 0.497 e. The lowest BCUT2D eigenvalue weighted by Gasteiger charge is -2.17. The van der Waals surface area contributed by atoms with Crippen LogP contribution >= 0.6 is 39.9 Å². The van der Waals surface area contributed by atoms with Gasteiger partial charge in [0.1, 0.15) is 12.4 Å². The molecule has 0 atom stereocenters. The minimum Gasteiger partial charge on any atom is -0.497 e. The molecule has 3 aromatic rings. The first-order chi connectivity index (χ1) is 17.9. The maximum atomic E-state index is 13.3. The number of carbonyl (C=O) groups is 1. The first-order valence-corrected chi connectivity index (χ1v) is 13.6. The van der Waals surface area contributed by atoms with Crippen molar-refractivity contribution in [1.29, 1.82) is 0 Å². The number of benzene rings is 3. The number of amides is 1. The van der Waals surface area contributed by atoms with Gasteiger partial charge in [-0.15, -0.1) is 6.58 Å². The number of allylic oxidation sites excluding steroid dienone is 1. The fourth-order valence-corrected chi connectivity index (χ4v) is 5.37. The third kappa shape index (κ3) is 6.44. The number of carbonyl (C=O) groups excluding carboxylic acids is 1. The highest BCUT2D eigenvalue weighted by molar-refractivity contribution is 9.10. The smallest absolute Gasteiger partial charge is 0.270 e. The van der Waals surface area contributed by atoms with E-state index in [1.807, 2.05) is 67.6 Å². The van der Waals surface area contributed by atoms with Crippen LogP contribution < -0.4 is 19.1 Å². The number of thiocarbonyl (C=S) groups is 1. The Morgan fingerprint density at radius 1 is 1.08 bits per heavy atom. The molecule has 8 heteroatoms. The molecule has 1 heterocycles. The Balaban J connectivity index is 1.64. The van der Waals surface area contributed by atoms with E-state index in [-0.39, 0.29) is 5.91 Å². The Hall–Kier alpha value is -3.07. The summed E-state index contributed by atoms with van der Waals surface area (Å²) in [4.78, 5) is 15.4. The van der Waals surface area contributed by atoms with E-state index in [4.69, 9.17) is 26.4 Å². The lowest BCUT2D eigenvalue weighted by atomic mass is 10.0. The molecule has 5 nitrogen and oxygen atoms in total. The molecule has 1 fully saturated rings. The van der Waals surface area contributed by atoms with Gasteiger partial charge in [-0.1, -0.05) is 58.1 Å². The van der Waals surface area contributed by atoms with Crippen LogP contribution in [0.15, 0.2) is 82.7 Å². The molecule has 0 aliphatic carbocycles. The van der Waals surface area contributed by atoms with Gasteiger partial charge < -0.3 is 14.2 Å². The molecule has 4 rings (SSSR count). The van der Waals surface area contributed by atoms with Gasteiger partial charge in [0.05, 0.1) is 24.3 Å². The van der Waals surface area contributed by atoms with Crippen LogP contribution in [-0.2, 0) is 17.8 Å². The van der Waals surface area contributed by atoms with Crippen molar-refractivity contribution >= 4 is 61.9 Å². The maximum absolute atomic E-state index is 13.3. The first kappa shape index (κ1) is 27.0. The molecule has 0 radical (unpaired) electrons. The van der Waals surface area contributed by atoms with E-state index in [1.54, 1.807) is 19.2 Å². The van der Waals surface area contributed by atoms with Crippen molar-refractivity contribution in [3.8, 4) is 17.2 Å². The topological polar surface area (TPSA) is 48.0 Å². The summed E-state index contributed by atoms with van der Waals surface area (Å²) in [6, 6.07) is 19.1. The van der Waals surface area contributed by atoms with Crippen molar-refractivity contribution < 1.29 is 19.0 Å². The molecule has 1 amide bonds. The van der Waals surface area contributed by atoms with Gasteiger partial charge in [0.15, 0.2) is 15.8 Å². The van der Waals surface area contributed by atoms with E-state index >= 15 is 0 Å². The fourth-order valence-electron chi connectivity index (χ4n) is 3.81. The molecule has 0 unspecified atom stereocenters. The van der Waals surface area contributed by atoms with E-state index in [2.05, 4.69) is 22.5 Å². The first-order valence-electron chi connectivity index (χ1n) is 11.6. The minimum atomic E-state index is -0.168. The van der Waals surface area contributed by atoms with Gasteiger partial charge in [0.2, 0.25) is 0 Å². The normalized spacial score (nSPS) is 14.2. The Kier molecular flexibility index (Phi) is 9.08. The van der Waals surface area contributed by atoms with Crippen molar-refractivity contribution in [2.24, 2.45) is 0 Å². The van der Waals surface area contributed by atoms with E-state index in [9.17, 15) is 4.79 Å². The molecule has 1 aliphatic rings. The molecular weight excluding hydrogens is 570 g/mol. The highest BCUT2D eigenvalue weighted by Crippen LogP contribution is 2.39. The van der Waals surface area contributed by atoms with Crippen LogP contribution in [-0.4, -0.2) is 23.9 Å². The van der Waals surface area contributed by atoms with Gasteiger partial charge in [-0.05, 0) is 79.1 Å². The molecule has 0 aromatic heterocycles. The second-order valence-electron chi connectivity index (χ2n) is 8.06. The highest BCUT2D eigenvalue weighted by Gasteiger charge is 2.33. The summed E-state index contributed by atoms with van der Waals surface area (Å²) >= 11 is 10.3. The zero-order valence-electron chi connectivity index (χ0n) is 20.5. The summed E-state index contributed by atoms with van der Waals surface area (Å²) in [7, 11) is 1.60. The molecule has 0 bridgehead atoms. The average Bonchev–Trinajstić information content (AvgIpc) is 3.17. The quantitative estimate of drug-likeness (QED) is 0.137. The highest BCUT2D eigenvalue weighted by atomic mass is 79.9. The Morgan fingerprint density at radius 2 is 1.81 bits per heavy atom.